The van der Waals surface area contributed by atoms with Crippen LogP contribution in [0.15, 0.2) is 28.6 Å². The van der Waals surface area contributed by atoms with Gasteiger partial charge < -0.3 is 9.64 Å². The first kappa shape index (κ1) is 24.5. The van der Waals surface area contributed by atoms with E-state index in [1.54, 1.807) is 29.8 Å². The Hall–Kier alpha value is -2.59. The number of ether oxygens (including phenoxy) is 1. The molecule has 3 amide bonds. The molecular formula is C24H30N4O4S2. The van der Waals surface area contributed by atoms with E-state index >= 15 is 0 Å². The molecule has 2 aromatic rings. The number of rotatable bonds is 8. The van der Waals surface area contributed by atoms with Gasteiger partial charge in [-0.05, 0) is 49.8 Å². The maximum absolute atomic E-state index is 13.4. The molecule has 0 spiro atoms. The van der Waals surface area contributed by atoms with Gasteiger partial charge >= 0.3 is 12.0 Å². The van der Waals surface area contributed by atoms with Crippen LogP contribution in [0.5, 0.6) is 0 Å². The van der Waals surface area contributed by atoms with Crippen LogP contribution in [0.25, 0.3) is 0 Å². The summed E-state index contributed by atoms with van der Waals surface area (Å²) < 4.78 is 5.79. The fourth-order valence-electron chi connectivity index (χ4n) is 4.49. The third-order valence-corrected chi connectivity index (χ3v) is 8.23. The zero-order valence-electron chi connectivity index (χ0n) is 19.5. The standard InChI is InChI=1S/C24H30N4O4S2/c1-3-32-21(30)15-33-22-13-25-23(34-22)26-24(31)28(14-17-6-4-5-7-17)19-9-8-18-10-11-27(16(2)29)20(18)12-19/h8-9,12-13,17H,3-7,10-11,14-15H2,1-2H3,(H,25,26,31). The summed E-state index contributed by atoms with van der Waals surface area (Å²) in [6.07, 6.45) is 7.09. The van der Waals surface area contributed by atoms with Gasteiger partial charge in [-0.3, -0.25) is 19.8 Å². The molecule has 1 aliphatic carbocycles. The number of amides is 3. The number of fused-ring (bicyclic) bond motifs is 1. The van der Waals surface area contributed by atoms with Crippen molar-refractivity contribution in [1.82, 2.24) is 4.98 Å². The summed E-state index contributed by atoms with van der Waals surface area (Å²) in [7, 11) is 0. The van der Waals surface area contributed by atoms with Crippen molar-refractivity contribution >= 4 is 57.5 Å². The van der Waals surface area contributed by atoms with E-state index in [0.717, 1.165) is 40.4 Å². The second kappa shape index (κ2) is 11.2. The van der Waals surface area contributed by atoms with Crippen LogP contribution in [0, 0.1) is 5.92 Å². The van der Waals surface area contributed by atoms with E-state index in [0.29, 0.717) is 30.7 Å². The number of esters is 1. The summed E-state index contributed by atoms with van der Waals surface area (Å²) in [4.78, 5) is 44.9. The van der Waals surface area contributed by atoms with Crippen LogP contribution in [0.3, 0.4) is 0 Å². The van der Waals surface area contributed by atoms with Gasteiger partial charge in [-0.2, -0.15) is 0 Å². The van der Waals surface area contributed by atoms with E-state index in [9.17, 15) is 14.4 Å². The van der Waals surface area contributed by atoms with Crippen molar-refractivity contribution < 1.29 is 19.1 Å². The highest BCUT2D eigenvalue weighted by atomic mass is 32.2. The topological polar surface area (TPSA) is 91.8 Å². The number of anilines is 3. The molecule has 1 saturated carbocycles. The Bertz CT molecular complexity index is 1050. The van der Waals surface area contributed by atoms with E-state index in [-0.39, 0.29) is 23.7 Å². The third kappa shape index (κ3) is 5.90. The van der Waals surface area contributed by atoms with Crippen molar-refractivity contribution in [3.63, 3.8) is 0 Å². The summed E-state index contributed by atoms with van der Waals surface area (Å²) in [5.41, 5.74) is 2.80. The maximum atomic E-state index is 13.4. The van der Waals surface area contributed by atoms with Crippen molar-refractivity contribution in [2.24, 2.45) is 5.92 Å². The molecule has 1 aromatic heterocycles. The van der Waals surface area contributed by atoms with Gasteiger partial charge in [-0.1, -0.05) is 30.2 Å². The van der Waals surface area contributed by atoms with Gasteiger partial charge in [0.15, 0.2) is 5.13 Å². The molecular weight excluding hydrogens is 472 g/mol. The predicted molar refractivity (Wildman–Crippen MR) is 136 cm³/mol. The lowest BCUT2D eigenvalue weighted by atomic mass is 10.1. The lowest BCUT2D eigenvalue weighted by Crippen LogP contribution is -2.38. The predicted octanol–water partition coefficient (Wildman–Crippen LogP) is 4.94. The summed E-state index contributed by atoms with van der Waals surface area (Å²) in [6.45, 7) is 5.01. The van der Waals surface area contributed by atoms with Crippen LogP contribution in [0.4, 0.5) is 21.3 Å². The minimum Gasteiger partial charge on any atom is -0.465 e. The van der Waals surface area contributed by atoms with Crippen LogP contribution in [0.1, 0.15) is 45.1 Å². The molecule has 1 fully saturated rings. The summed E-state index contributed by atoms with van der Waals surface area (Å²) >= 11 is 2.68. The molecule has 2 aliphatic rings. The maximum Gasteiger partial charge on any atom is 0.328 e. The van der Waals surface area contributed by atoms with Gasteiger partial charge in [0.1, 0.15) is 0 Å². The lowest BCUT2D eigenvalue weighted by molar-refractivity contribution is -0.139. The van der Waals surface area contributed by atoms with E-state index in [4.69, 9.17) is 4.74 Å². The van der Waals surface area contributed by atoms with Gasteiger partial charge in [0.2, 0.25) is 5.91 Å². The zero-order valence-corrected chi connectivity index (χ0v) is 21.2. The number of thiazole rings is 1. The molecule has 4 rings (SSSR count). The molecule has 1 aromatic carbocycles. The summed E-state index contributed by atoms with van der Waals surface area (Å²) in [5.74, 6) is 0.401. The number of carbonyl (C=O) groups is 3. The van der Waals surface area contributed by atoms with Crippen LogP contribution >= 0.6 is 23.1 Å². The molecule has 0 saturated heterocycles. The highest BCUT2D eigenvalue weighted by molar-refractivity contribution is 8.01. The molecule has 8 nitrogen and oxygen atoms in total. The number of urea groups is 1. The number of hydrogen-bond acceptors (Lipinski definition) is 7. The molecule has 0 bridgehead atoms. The average molecular weight is 503 g/mol. The number of thioether (sulfide) groups is 1. The van der Waals surface area contributed by atoms with Crippen LogP contribution < -0.4 is 15.1 Å². The number of benzene rings is 1. The first-order chi connectivity index (χ1) is 16.4. The van der Waals surface area contributed by atoms with E-state index in [1.165, 1.54) is 35.9 Å². The van der Waals surface area contributed by atoms with Gasteiger partial charge in [0, 0.05) is 31.4 Å². The first-order valence-corrected chi connectivity index (χ1v) is 13.5. The van der Waals surface area contributed by atoms with E-state index in [1.807, 2.05) is 18.2 Å². The molecule has 1 aliphatic heterocycles. The highest BCUT2D eigenvalue weighted by Crippen LogP contribution is 2.35. The summed E-state index contributed by atoms with van der Waals surface area (Å²) in [5, 5.41) is 3.42. The summed E-state index contributed by atoms with van der Waals surface area (Å²) in [6, 6.07) is 5.71. The van der Waals surface area contributed by atoms with Crippen LogP contribution in [-0.2, 0) is 20.7 Å². The first-order valence-electron chi connectivity index (χ1n) is 11.7. The molecule has 2 heterocycles. The minimum atomic E-state index is -0.273. The molecule has 0 unspecified atom stereocenters. The van der Waals surface area contributed by atoms with E-state index < -0.39 is 0 Å². The normalized spacial score (nSPS) is 15.3. The van der Waals surface area contributed by atoms with E-state index in [2.05, 4.69) is 10.3 Å². The van der Waals surface area contributed by atoms with Crippen molar-refractivity contribution in [2.75, 3.05) is 40.6 Å². The Balaban J connectivity index is 1.49. The molecule has 182 valence electrons. The second-order valence-electron chi connectivity index (χ2n) is 8.50. The van der Waals surface area contributed by atoms with Crippen molar-refractivity contribution in [3.05, 3.63) is 30.0 Å². The fourth-order valence-corrected chi connectivity index (χ4v) is 6.15. The lowest BCUT2D eigenvalue weighted by Gasteiger charge is -2.27. The molecule has 10 heteroatoms. The van der Waals surface area contributed by atoms with Crippen LogP contribution in [0.2, 0.25) is 0 Å². The fraction of sp³-hybridized carbons (Fsp3) is 0.500. The van der Waals surface area contributed by atoms with Crippen LogP contribution in [-0.4, -0.2) is 48.3 Å². The number of aromatic nitrogens is 1. The molecule has 1 N–H and O–H groups in total. The van der Waals surface area contributed by atoms with Crippen molar-refractivity contribution in [1.29, 1.82) is 0 Å². The monoisotopic (exact) mass is 502 g/mol. The number of nitrogens with one attached hydrogen (secondary N) is 1. The number of carbonyl (C=O) groups excluding carboxylic acids is 3. The smallest absolute Gasteiger partial charge is 0.328 e. The average Bonchev–Trinajstić information content (AvgIpc) is 3.56. The zero-order chi connectivity index (χ0) is 24.1. The van der Waals surface area contributed by atoms with Gasteiger partial charge in [-0.15, -0.1) is 11.8 Å². The Labute approximate surface area is 208 Å². The quantitative estimate of drug-likeness (QED) is 0.406. The van der Waals surface area contributed by atoms with Gasteiger partial charge in [-0.25, -0.2) is 9.78 Å². The molecule has 0 atom stereocenters. The number of hydrogen-bond donors (Lipinski definition) is 1. The van der Waals surface area contributed by atoms with Crippen molar-refractivity contribution in [3.8, 4) is 0 Å². The van der Waals surface area contributed by atoms with Crippen molar-refractivity contribution in [2.45, 2.75) is 50.2 Å². The highest BCUT2D eigenvalue weighted by Gasteiger charge is 2.27. The molecule has 0 radical (unpaired) electrons. The largest absolute Gasteiger partial charge is 0.465 e. The SMILES string of the molecule is CCOC(=O)CSc1cnc(NC(=O)N(CC2CCCC2)c2ccc3c(c2)N(C(C)=O)CC3)s1. The Morgan fingerprint density at radius 1 is 1.29 bits per heavy atom. The van der Waals surface area contributed by atoms with Gasteiger partial charge in [0.05, 0.1) is 22.8 Å². The molecule has 34 heavy (non-hydrogen) atoms. The third-order valence-electron chi connectivity index (χ3n) is 6.15. The Morgan fingerprint density at radius 3 is 2.82 bits per heavy atom. The Kier molecular flexibility index (Phi) is 8.10. The van der Waals surface area contributed by atoms with Gasteiger partial charge in [0.25, 0.3) is 0 Å². The minimum absolute atomic E-state index is 0.0123. The second-order valence-corrected chi connectivity index (χ2v) is 10.8. The Morgan fingerprint density at radius 2 is 2.09 bits per heavy atom. The number of nitrogens with zero attached hydrogens (tertiary/aromatic N) is 3.